The van der Waals surface area contributed by atoms with Crippen LogP contribution in [-0.2, 0) is 6.54 Å². The highest BCUT2D eigenvalue weighted by Gasteiger charge is 2.22. The summed E-state index contributed by atoms with van der Waals surface area (Å²) in [6, 6.07) is 4.07. The Labute approximate surface area is 122 Å². The van der Waals surface area contributed by atoms with Crippen LogP contribution < -0.4 is 10.5 Å². The fourth-order valence-corrected chi connectivity index (χ4v) is 3.26. The molecule has 0 amide bonds. The van der Waals surface area contributed by atoms with Gasteiger partial charge in [-0.1, -0.05) is 6.92 Å². The third kappa shape index (κ3) is 3.61. The van der Waals surface area contributed by atoms with Gasteiger partial charge in [-0.05, 0) is 46.0 Å². The Morgan fingerprint density at radius 3 is 2.84 bits per heavy atom. The maximum Gasteiger partial charge on any atom is 0.172 e. The molecule has 2 unspecified atom stereocenters. The molecule has 106 valence electrons. The molecule has 2 rings (SSSR count). The molecule has 1 aliphatic heterocycles. The van der Waals surface area contributed by atoms with Crippen molar-refractivity contribution >= 4 is 15.9 Å². The van der Waals surface area contributed by atoms with Gasteiger partial charge in [0, 0.05) is 25.7 Å². The quantitative estimate of drug-likeness (QED) is 0.894. The second-order valence-electron chi connectivity index (χ2n) is 5.42. The van der Waals surface area contributed by atoms with Crippen molar-refractivity contribution in [2.75, 3.05) is 20.2 Å². The van der Waals surface area contributed by atoms with E-state index in [1.807, 2.05) is 12.1 Å². The first kappa shape index (κ1) is 14.6. The lowest BCUT2D eigenvalue weighted by Crippen LogP contribution is -2.45. The first-order valence-corrected chi connectivity index (χ1v) is 7.32. The van der Waals surface area contributed by atoms with Crippen molar-refractivity contribution in [3.05, 3.63) is 22.2 Å². The van der Waals surface area contributed by atoms with Gasteiger partial charge >= 0.3 is 0 Å². The van der Waals surface area contributed by atoms with E-state index in [1.165, 1.54) is 0 Å². The van der Waals surface area contributed by atoms with Gasteiger partial charge in [-0.3, -0.25) is 4.90 Å². The van der Waals surface area contributed by atoms with Gasteiger partial charge in [0.25, 0.3) is 0 Å². The molecule has 5 heteroatoms. The lowest BCUT2D eigenvalue weighted by molar-refractivity contribution is 0.158. The third-order valence-electron chi connectivity index (χ3n) is 3.48. The molecule has 19 heavy (non-hydrogen) atoms. The van der Waals surface area contributed by atoms with Gasteiger partial charge in [-0.25, -0.2) is 0 Å². The number of ether oxygens (including phenoxy) is 1. The lowest BCUT2D eigenvalue weighted by atomic mass is 9.96. The molecule has 0 bridgehead atoms. The zero-order chi connectivity index (χ0) is 14.0. The summed E-state index contributed by atoms with van der Waals surface area (Å²) in [6.07, 6.45) is 1.10. The van der Waals surface area contributed by atoms with Crippen molar-refractivity contribution in [3.63, 3.8) is 0 Å². The topological polar surface area (TPSA) is 58.7 Å². The summed E-state index contributed by atoms with van der Waals surface area (Å²) in [4.78, 5) is 2.36. The van der Waals surface area contributed by atoms with Crippen molar-refractivity contribution < 1.29 is 9.84 Å². The highest BCUT2D eigenvalue weighted by Crippen LogP contribution is 2.35. The van der Waals surface area contributed by atoms with Gasteiger partial charge < -0.3 is 15.6 Å². The van der Waals surface area contributed by atoms with E-state index < -0.39 is 0 Å². The van der Waals surface area contributed by atoms with Gasteiger partial charge in [0.05, 0.1) is 11.6 Å². The van der Waals surface area contributed by atoms with E-state index in [2.05, 4.69) is 27.8 Å². The molecule has 0 aromatic heterocycles. The summed E-state index contributed by atoms with van der Waals surface area (Å²) in [5.74, 6) is 1.28. The Morgan fingerprint density at radius 2 is 2.21 bits per heavy atom. The first-order valence-electron chi connectivity index (χ1n) is 6.53. The molecule has 1 fully saturated rings. The molecule has 1 heterocycles. The Balaban J connectivity index is 2.12. The van der Waals surface area contributed by atoms with Crippen molar-refractivity contribution in [2.45, 2.75) is 25.9 Å². The number of benzene rings is 1. The summed E-state index contributed by atoms with van der Waals surface area (Å²) in [6.45, 7) is 5.05. The van der Waals surface area contributed by atoms with Crippen LogP contribution in [0.4, 0.5) is 0 Å². The summed E-state index contributed by atoms with van der Waals surface area (Å²) >= 11 is 3.35. The Hall–Kier alpha value is -0.780. The molecule has 0 aliphatic carbocycles. The smallest absolute Gasteiger partial charge is 0.172 e. The van der Waals surface area contributed by atoms with E-state index in [9.17, 15) is 5.11 Å². The number of rotatable bonds is 3. The maximum absolute atomic E-state index is 9.81. The molecule has 0 saturated carbocycles. The molecular formula is C14H21BrN2O2. The second kappa shape index (κ2) is 6.11. The van der Waals surface area contributed by atoms with E-state index in [0.29, 0.717) is 16.1 Å². The molecule has 3 N–H and O–H groups in total. The Morgan fingerprint density at radius 1 is 1.47 bits per heavy atom. The predicted molar refractivity (Wildman–Crippen MR) is 79.4 cm³/mol. The number of hydrogen-bond donors (Lipinski definition) is 2. The van der Waals surface area contributed by atoms with E-state index in [1.54, 1.807) is 7.11 Å². The number of nitrogens with zero attached hydrogens (tertiary/aromatic N) is 1. The van der Waals surface area contributed by atoms with Gasteiger partial charge in [-0.15, -0.1) is 0 Å². The van der Waals surface area contributed by atoms with Gasteiger partial charge in [-0.2, -0.15) is 0 Å². The maximum atomic E-state index is 9.81. The minimum atomic E-state index is 0.148. The van der Waals surface area contributed by atoms with Crippen molar-refractivity contribution in [1.82, 2.24) is 4.90 Å². The van der Waals surface area contributed by atoms with Crippen LogP contribution in [0.15, 0.2) is 16.6 Å². The zero-order valence-electron chi connectivity index (χ0n) is 11.4. The van der Waals surface area contributed by atoms with Crippen molar-refractivity contribution in [1.29, 1.82) is 0 Å². The molecular weight excluding hydrogens is 308 g/mol. The fourth-order valence-electron chi connectivity index (χ4n) is 2.77. The van der Waals surface area contributed by atoms with Gasteiger partial charge in [0.1, 0.15) is 0 Å². The highest BCUT2D eigenvalue weighted by atomic mass is 79.9. The van der Waals surface area contributed by atoms with Gasteiger partial charge in [0.15, 0.2) is 11.5 Å². The predicted octanol–water partition coefficient (Wildman–Crippen LogP) is 2.33. The zero-order valence-corrected chi connectivity index (χ0v) is 13.0. The van der Waals surface area contributed by atoms with Crippen LogP contribution in [-0.4, -0.2) is 36.2 Å². The van der Waals surface area contributed by atoms with Crippen LogP contribution in [0.5, 0.6) is 11.5 Å². The normalized spacial score (nSPS) is 24.4. The number of hydrogen-bond acceptors (Lipinski definition) is 4. The van der Waals surface area contributed by atoms with Crippen LogP contribution >= 0.6 is 15.9 Å². The molecule has 1 aliphatic rings. The molecule has 1 saturated heterocycles. The van der Waals surface area contributed by atoms with Crippen molar-refractivity contribution in [2.24, 2.45) is 11.7 Å². The number of nitrogens with two attached hydrogens (primary N) is 1. The van der Waals surface area contributed by atoms with E-state index >= 15 is 0 Å². The van der Waals surface area contributed by atoms with Crippen molar-refractivity contribution in [3.8, 4) is 11.5 Å². The first-order chi connectivity index (χ1) is 8.99. The molecule has 0 spiro atoms. The number of likely N-dealkylation sites (tertiary alicyclic amines) is 1. The fraction of sp³-hybridized carbons (Fsp3) is 0.571. The van der Waals surface area contributed by atoms with Crippen LogP contribution in [0.3, 0.4) is 0 Å². The number of phenols is 1. The van der Waals surface area contributed by atoms with Crippen LogP contribution in [0.25, 0.3) is 0 Å². The number of piperidine rings is 1. The SMILES string of the molecule is COc1cc(CN2CC(C)CC(N)C2)cc(Br)c1O. The summed E-state index contributed by atoms with van der Waals surface area (Å²) in [5.41, 5.74) is 7.18. The molecule has 1 aromatic carbocycles. The Kier molecular flexibility index (Phi) is 4.71. The average Bonchev–Trinajstić information content (AvgIpc) is 2.32. The molecule has 2 atom stereocenters. The van der Waals surface area contributed by atoms with E-state index in [-0.39, 0.29) is 11.8 Å². The molecule has 0 radical (unpaired) electrons. The largest absolute Gasteiger partial charge is 0.503 e. The third-order valence-corrected chi connectivity index (χ3v) is 4.09. The number of phenolic OH excluding ortho intramolecular Hbond substituents is 1. The van der Waals surface area contributed by atoms with Crippen LogP contribution in [0.2, 0.25) is 0 Å². The standard InChI is InChI=1S/C14H21BrN2O2/c1-9-3-11(16)8-17(6-9)7-10-4-12(15)14(18)13(5-10)19-2/h4-5,9,11,18H,3,6-8,16H2,1-2H3. The minimum absolute atomic E-state index is 0.148. The summed E-state index contributed by atoms with van der Waals surface area (Å²) in [7, 11) is 1.56. The second-order valence-corrected chi connectivity index (χ2v) is 6.28. The summed E-state index contributed by atoms with van der Waals surface area (Å²) in [5, 5.41) is 9.81. The van der Waals surface area contributed by atoms with Gasteiger partial charge in [0.2, 0.25) is 0 Å². The number of methoxy groups -OCH3 is 1. The van der Waals surface area contributed by atoms with E-state index in [4.69, 9.17) is 10.5 Å². The summed E-state index contributed by atoms with van der Waals surface area (Å²) < 4.78 is 5.84. The molecule has 4 nitrogen and oxygen atoms in total. The number of aromatic hydroxyl groups is 1. The Bertz CT molecular complexity index is 443. The molecule has 1 aromatic rings. The van der Waals surface area contributed by atoms with Crippen LogP contribution in [0.1, 0.15) is 18.9 Å². The highest BCUT2D eigenvalue weighted by molar-refractivity contribution is 9.10. The minimum Gasteiger partial charge on any atom is -0.503 e. The lowest BCUT2D eigenvalue weighted by Gasteiger charge is -2.34. The monoisotopic (exact) mass is 328 g/mol. The average molecular weight is 329 g/mol. The van der Waals surface area contributed by atoms with E-state index in [0.717, 1.165) is 31.6 Å². The number of halogens is 1. The van der Waals surface area contributed by atoms with Crippen LogP contribution in [0, 0.1) is 5.92 Å².